The van der Waals surface area contributed by atoms with Crippen LogP contribution in [0.15, 0.2) is 30.3 Å². The molecule has 0 fully saturated rings. The second-order valence-electron chi connectivity index (χ2n) is 5.76. The number of nitrogens with one attached hydrogen (secondary N) is 2. The van der Waals surface area contributed by atoms with Gasteiger partial charge >= 0.3 is 0 Å². The van der Waals surface area contributed by atoms with Gasteiger partial charge < -0.3 is 10.6 Å². The van der Waals surface area contributed by atoms with Gasteiger partial charge in [0.25, 0.3) is 5.91 Å². The maximum Gasteiger partial charge on any atom is 0.276 e. The largest absolute Gasteiger partial charge is 0.364 e. The van der Waals surface area contributed by atoms with Crippen molar-refractivity contribution < 1.29 is 4.79 Å². The zero-order valence-corrected chi connectivity index (χ0v) is 14.0. The lowest BCUT2D eigenvalue weighted by atomic mass is 10.1. The van der Waals surface area contributed by atoms with Gasteiger partial charge in [-0.3, -0.25) is 4.79 Å². The summed E-state index contributed by atoms with van der Waals surface area (Å²) < 4.78 is 0. The number of carbonyl (C=O) groups excluding carboxylic acids is 1. The number of amides is 1. The van der Waals surface area contributed by atoms with Crippen molar-refractivity contribution in [3.63, 3.8) is 0 Å². The summed E-state index contributed by atoms with van der Waals surface area (Å²) in [6.07, 6.45) is 0. The number of rotatable bonds is 3. The highest BCUT2D eigenvalue weighted by molar-refractivity contribution is 6.36. The van der Waals surface area contributed by atoms with E-state index in [1.54, 1.807) is 30.3 Å². The molecule has 0 aliphatic carbocycles. The molecule has 116 valence electrons. The standard InChI is InChI=1S/C15H16Cl2N4O/c1-15(2,3)19-13-7-6-12(20-21-13)14(22)18-11-5-4-9(16)8-10(11)17/h4-8H,1-3H3,(H,18,22)(H,19,21). The van der Waals surface area contributed by atoms with Crippen molar-refractivity contribution in [2.75, 3.05) is 10.6 Å². The highest BCUT2D eigenvalue weighted by Crippen LogP contribution is 2.25. The van der Waals surface area contributed by atoms with E-state index >= 15 is 0 Å². The Kier molecular flexibility index (Phi) is 4.88. The Morgan fingerprint density at radius 1 is 1.09 bits per heavy atom. The maximum atomic E-state index is 12.1. The predicted octanol–water partition coefficient (Wildman–Crippen LogP) is 4.25. The normalized spacial score (nSPS) is 11.1. The minimum absolute atomic E-state index is 0.130. The summed E-state index contributed by atoms with van der Waals surface area (Å²) in [5.74, 6) is 0.215. The van der Waals surface area contributed by atoms with Crippen LogP contribution in [0.25, 0.3) is 0 Å². The van der Waals surface area contributed by atoms with Gasteiger partial charge in [0.15, 0.2) is 5.69 Å². The number of aromatic nitrogens is 2. The van der Waals surface area contributed by atoms with Gasteiger partial charge in [0.2, 0.25) is 0 Å². The molecular weight excluding hydrogens is 323 g/mol. The van der Waals surface area contributed by atoms with Gasteiger partial charge in [-0.1, -0.05) is 23.2 Å². The summed E-state index contributed by atoms with van der Waals surface area (Å²) in [5, 5.41) is 14.6. The molecule has 0 spiro atoms. The Hall–Kier alpha value is -1.85. The molecule has 0 aliphatic rings. The van der Waals surface area contributed by atoms with Crippen LogP contribution in [-0.2, 0) is 0 Å². The fraction of sp³-hybridized carbons (Fsp3) is 0.267. The second-order valence-corrected chi connectivity index (χ2v) is 6.60. The zero-order chi connectivity index (χ0) is 16.3. The van der Waals surface area contributed by atoms with Crippen LogP contribution >= 0.6 is 23.2 Å². The van der Waals surface area contributed by atoms with E-state index in [2.05, 4.69) is 20.8 Å². The molecular formula is C15H16Cl2N4O. The van der Waals surface area contributed by atoms with Crippen molar-refractivity contribution in [3.8, 4) is 0 Å². The van der Waals surface area contributed by atoms with Crippen LogP contribution in [0.3, 0.4) is 0 Å². The molecule has 7 heteroatoms. The smallest absolute Gasteiger partial charge is 0.276 e. The summed E-state index contributed by atoms with van der Waals surface area (Å²) in [7, 11) is 0. The minimum atomic E-state index is -0.390. The summed E-state index contributed by atoms with van der Waals surface area (Å²) >= 11 is 11.8. The molecule has 0 radical (unpaired) electrons. The monoisotopic (exact) mass is 338 g/mol. The SMILES string of the molecule is CC(C)(C)Nc1ccc(C(=O)Nc2ccc(Cl)cc2Cl)nn1. The van der Waals surface area contributed by atoms with E-state index in [1.165, 1.54) is 0 Å². The Labute approximate surface area is 139 Å². The van der Waals surface area contributed by atoms with Crippen molar-refractivity contribution in [3.05, 3.63) is 46.1 Å². The summed E-state index contributed by atoms with van der Waals surface area (Å²) in [4.78, 5) is 12.1. The van der Waals surface area contributed by atoms with E-state index in [4.69, 9.17) is 23.2 Å². The van der Waals surface area contributed by atoms with Gasteiger partial charge in [-0.15, -0.1) is 10.2 Å². The second kappa shape index (κ2) is 6.50. The van der Waals surface area contributed by atoms with Crippen LogP contribution in [0.4, 0.5) is 11.5 Å². The molecule has 5 nitrogen and oxygen atoms in total. The number of benzene rings is 1. The number of halogens is 2. The molecule has 1 heterocycles. The van der Waals surface area contributed by atoms with E-state index in [1.807, 2.05) is 20.8 Å². The molecule has 1 amide bonds. The molecule has 0 unspecified atom stereocenters. The number of anilines is 2. The van der Waals surface area contributed by atoms with Gasteiger partial charge in [0.1, 0.15) is 5.82 Å². The van der Waals surface area contributed by atoms with Crippen LogP contribution in [0, 0.1) is 0 Å². The predicted molar refractivity (Wildman–Crippen MR) is 89.8 cm³/mol. The first kappa shape index (κ1) is 16.5. The summed E-state index contributed by atoms with van der Waals surface area (Å²) in [6.45, 7) is 6.04. The lowest BCUT2D eigenvalue weighted by molar-refractivity contribution is 0.102. The van der Waals surface area contributed by atoms with E-state index in [9.17, 15) is 4.79 Å². The first-order valence-electron chi connectivity index (χ1n) is 6.63. The van der Waals surface area contributed by atoms with Gasteiger partial charge in [-0.25, -0.2) is 0 Å². The average molecular weight is 339 g/mol. The molecule has 0 aliphatic heterocycles. The molecule has 0 atom stereocenters. The fourth-order valence-corrected chi connectivity index (χ4v) is 2.14. The summed E-state index contributed by atoms with van der Waals surface area (Å²) in [6, 6.07) is 8.13. The topological polar surface area (TPSA) is 66.9 Å². The van der Waals surface area contributed by atoms with Crippen molar-refractivity contribution >= 4 is 40.6 Å². The van der Waals surface area contributed by atoms with E-state index in [0.717, 1.165) is 0 Å². The molecule has 1 aromatic carbocycles. The third kappa shape index (κ3) is 4.58. The molecule has 2 aromatic rings. The van der Waals surface area contributed by atoms with Crippen molar-refractivity contribution in [1.29, 1.82) is 0 Å². The third-order valence-electron chi connectivity index (χ3n) is 2.58. The zero-order valence-electron chi connectivity index (χ0n) is 12.4. The quantitative estimate of drug-likeness (QED) is 0.877. The van der Waals surface area contributed by atoms with Crippen LogP contribution in [0.2, 0.25) is 10.0 Å². The molecule has 1 aromatic heterocycles. The lowest BCUT2D eigenvalue weighted by Gasteiger charge is -2.20. The first-order chi connectivity index (χ1) is 10.2. The first-order valence-corrected chi connectivity index (χ1v) is 7.38. The Morgan fingerprint density at radius 3 is 2.36 bits per heavy atom. The minimum Gasteiger partial charge on any atom is -0.364 e. The third-order valence-corrected chi connectivity index (χ3v) is 3.13. The van der Waals surface area contributed by atoms with Crippen LogP contribution in [-0.4, -0.2) is 21.6 Å². The lowest BCUT2D eigenvalue weighted by Crippen LogP contribution is -2.27. The molecule has 2 N–H and O–H groups in total. The number of hydrogen-bond acceptors (Lipinski definition) is 4. The van der Waals surface area contributed by atoms with E-state index in [-0.39, 0.29) is 17.1 Å². The van der Waals surface area contributed by atoms with Crippen molar-refractivity contribution in [2.24, 2.45) is 0 Å². The van der Waals surface area contributed by atoms with E-state index in [0.29, 0.717) is 21.6 Å². The number of nitrogens with zero attached hydrogens (tertiary/aromatic N) is 2. The molecule has 0 bridgehead atoms. The number of hydrogen-bond donors (Lipinski definition) is 2. The Bertz CT molecular complexity index is 681. The fourth-order valence-electron chi connectivity index (χ4n) is 1.68. The molecule has 2 rings (SSSR count). The molecule has 0 saturated heterocycles. The average Bonchev–Trinajstić information content (AvgIpc) is 2.41. The molecule has 22 heavy (non-hydrogen) atoms. The molecule has 0 saturated carbocycles. The van der Waals surface area contributed by atoms with Crippen LogP contribution < -0.4 is 10.6 Å². The van der Waals surface area contributed by atoms with Crippen LogP contribution in [0.1, 0.15) is 31.3 Å². The Balaban J connectivity index is 2.10. The Morgan fingerprint density at radius 2 is 1.82 bits per heavy atom. The number of carbonyl (C=O) groups is 1. The van der Waals surface area contributed by atoms with E-state index < -0.39 is 0 Å². The van der Waals surface area contributed by atoms with Gasteiger partial charge in [-0.05, 0) is 51.1 Å². The van der Waals surface area contributed by atoms with Crippen molar-refractivity contribution in [1.82, 2.24) is 10.2 Å². The van der Waals surface area contributed by atoms with Gasteiger partial charge in [0.05, 0.1) is 10.7 Å². The van der Waals surface area contributed by atoms with Gasteiger partial charge in [0, 0.05) is 10.6 Å². The van der Waals surface area contributed by atoms with Crippen molar-refractivity contribution in [2.45, 2.75) is 26.3 Å². The highest BCUT2D eigenvalue weighted by Gasteiger charge is 2.13. The highest BCUT2D eigenvalue weighted by atomic mass is 35.5. The van der Waals surface area contributed by atoms with Gasteiger partial charge in [-0.2, -0.15) is 0 Å². The maximum absolute atomic E-state index is 12.1. The summed E-state index contributed by atoms with van der Waals surface area (Å²) in [5.41, 5.74) is 0.537. The van der Waals surface area contributed by atoms with Crippen LogP contribution in [0.5, 0.6) is 0 Å².